The maximum atomic E-state index is 12.5. The van der Waals surface area contributed by atoms with Crippen molar-refractivity contribution < 1.29 is 4.79 Å². The molecule has 0 radical (unpaired) electrons. The standard InChI is InChI=1S/C15H18N2O/c18-15-13-4-2-1-3-12(13)9-17(15)14-10-16-7-5-11(14)6-8-16/h1-4,11,14H,5-10H2/t14-/m1/s1. The molecule has 1 aromatic carbocycles. The molecule has 0 aliphatic carbocycles. The largest absolute Gasteiger partial charge is 0.330 e. The van der Waals surface area contributed by atoms with Gasteiger partial charge in [0.15, 0.2) is 0 Å². The molecule has 4 heterocycles. The van der Waals surface area contributed by atoms with E-state index in [0.29, 0.717) is 6.04 Å². The smallest absolute Gasteiger partial charge is 0.254 e. The predicted molar refractivity (Wildman–Crippen MR) is 69.3 cm³/mol. The molecule has 0 aromatic heterocycles. The van der Waals surface area contributed by atoms with Crippen molar-refractivity contribution in [2.24, 2.45) is 5.92 Å². The van der Waals surface area contributed by atoms with E-state index in [1.807, 2.05) is 18.2 Å². The third kappa shape index (κ3) is 1.43. The number of hydrogen-bond acceptors (Lipinski definition) is 2. The lowest BCUT2D eigenvalue weighted by Gasteiger charge is -2.48. The molecular formula is C15H18N2O. The van der Waals surface area contributed by atoms with E-state index in [0.717, 1.165) is 24.6 Å². The molecule has 3 nitrogen and oxygen atoms in total. The summed E-state index contributed by atoms with van der Waals surface area (Å²) >= 11 is 0. The van der Waals surface area contributed by atoms with Crippen molar-refractivity contribution in [1.82, 2.24) is 9.80 Å². The summed E-state index contributed by atoms with van der Waals surface area (Å²) in [4.78, 5) is 17.1. The molecule has 94 valence electrons. The van der Waals surface area contributed by atoms with Gasteiger partial charge in [-0.05, 0) is 43.5 Å². The minimum absolute atomic E-state index is 0.254. The highest BCUT2D eigenvalue weighted by Crippen LogP contribution is 2.35. The molecule has 1 aromatic rings. The molecule has 5 rings (SSSR count). The van der Waals surface area contributed by atoms with Gasteiger partial charge in [-0.25, -0.2) is 0 Å². The zero-order valence-corrected chi connectivity index (χ0v) is 10.5. The van der Waals surface area contributed by atoms with E-state index in [1.54, 1.807) is 0 Å². The lowest BCUT2D eigenvalue weighted by Crippen LogP contribution is -2.57. The average molecular weight is 242 g/mol. The number of carbonyl (C=O) groups is 1. The maximum Gasteiger partial charge on any atom is 0.254 e. The highest BCUT2D eigenvalue weighted by molar-refractivity contribution is 5.98. The summed E-state index contributed by atoms with van der Waals surface area (Å²) in [5.41, 5.74) is 2.13. The molecule has 4 aliphatic rings. The van der Waals surface area contributed by atoms with Gasteiger partial charge in [-0.15, -0.1) is 0 Å². The Bertz CT molecular complexity index is 491. The Balaban J connectivity index is 1.63. The van der Waals surface area contributed by atoms with E-state index in [4.69, 9.17) is 0 Å². The van der Waals surface area contributed by atoms with Crippen LogP contribution >= 0.6 is 0 Å². The molecule has 3 fully saturated rings. The Morgan fingerprint density at radius 2 is 1.89 bits per heavy atom. The molecule has 0 saturated carbocycles. The summed E-state index contributed by atoms with van der Waals surface area (Å²) in [6.45, 7) is 4.38. The SMILES string of the molecule is O=C1c2ccccc2CN1[C@@H]1CN2CCC1CC2. The number of rotatable bonds is 1. The normalized spacial score (nSPS) is 33.9. The van der Waals surface area contributed by atoms with Crippen molar-refractivity contribution in [2.45, 2.75) is 25.4 Å². The molecule has 0 unspecified atom stereocenters. The molecule has 3 heteroatoms. The van der Waals surface area contributed by atoms with Crippen LogP contribution in [0.4, 0.5) is 0 Å². The predicted octanol–water partition coefficient (Wildman–Crippen LogP) is 1.74. The Labute approximate surface area is 107 Å². The Morgan fingerprint density at radius 1 is 1.11 bits per heavy atom. The van der Waals surface area contributed by atoms with Gasteiger partial charge in [0, 0.05) is 24.7 Å². The maximum absolute atomic E-state index is 12.5. The molecule has 2 bridgehead atoms. The van der Waals surface area contributed by atoms with Gasteiger partial charge < -0.3 is 9.80 Å². The second-order valence-corrected chi connectivity index (χ2v) is 5.80. The van der Waals surface area contributed by atoms with Crippen LogP contribution < -0.4 is 0 Å². The topological polar surface area (TPSA) is 23.6 Å². The number of amides is 1. The Kier molecular flexibility index (Phi) is 2.24. The van der Waals surface area contributed by atoms with E-state index >= 15 is 0 Å². The summed E-state index contributed by atoms with van der Waals surface area (Å²) in [7, 11) is 0. The number of fused-ring (bicyclic) bond motifs is 4. The van der Waals surface area contributed by atoms with Crippen molar-refractivity contribution in [3.05, 3.63) is 35.4 Å². The van der Waals surface area contributed by atoms with Gasteiger partial charge in [0.25, 0.3) is 5.91 Å². The van der Waals surface area contributed by atoms with Gasteiger partial charge in [-0.3, -0.25) is 4.79 Å². The third-order valence-electron chi connectivity index (χ3n) is 4.87. The zero-order valence-electron chi connectivity index (χ0n) is 10.5. The van der Waals surface area contributed by atoms with Crippen LogP contribution in [0.3, 0.4) is 0 Å². The van der Waals surface area contributed by atoms with Gasteiger partial charge in [0.2, 0.25) is 0 Å². The summed E-state index contributed by atoms with van der Waals surface area (Å²) < 4.78 is 0. The average Bonchev–Trinajstić information content (AvgIpc) is 2.78. The fraction of sp³-hybridized carbons (Fsp3) is 0.533. The second-order valence-electron chi connectivity index (χ2n) is 5.80. The van der Waals surface area contributed by atoms with Crippen LogP contribution in [0, 0.1) is 5.92 Å². The van der Waals surface area contributed by atoms with Gasteiger partial charge in [0.1, 0.15) is 0 Å². The number of carbonyl (C=O) groups excluding carboxylic acids is 1. The van der Waals surface area contributed by atoms with Crippen LogP contribution in [0.1, 0.15) is 28.8 Å². The molecule has 1 amide bonds. The van der Waals surface area contributed by atoms with E-state index in [-0.39, 0.29) is 5.91 Å². The van der Waals surface area contributed by atoms with Gasteiger partial charge >= 0.3 is 0 Å². The van der Waals surface area contributed by atoms with Gasteiger partial charge in [0.05, 0.1) is 0 Å². The summed E-state index contributed by atoms with van der Waals surface area (Å²) in [6.07, 6.45) is 2.54. The van der Waals surface area contributed by atoms with Crippen molar-refractivity contribution in [2.75, 3.05) is 19.6 Å². The lowest BCUT2D eigenvalue weighted by molar-refractivity contribution is 0.00846. The van der Waals surface area contributed by atoms with Gasteiger partial charge in [-0.1, -0.05) is 18.2 Å². The fourth-order valence-corrected chi connectivity index (χ4v) is 3.83. The van der Waals surface area contributed by atoms with E-state index in [9.17, 15) is 4.79 Å². The highest BCUT2D eigenvalue weighted by atomic mass is 16.2. The van der Waals surface area contributed by atoms with Crippen molar-refractivity contribution in [3.8, 4) is 0 Å². The first kappa shape index (κ1) is 10.6. The lowest BCUT2D eigenvalue weighted by atomic mass is 9.83. The number of nitrogens with zero attached hydrogens (tertiary/aromatic N) is 2. The van der Waals surface area contributed by atoms with Gasteiger partial charge in [-0.2, -0.15) is 0 Å². The van der Waals surface area contributed by atoms with E-state index in [2.05, 4.69) is 15.9 Å². The third-order valence-corrected chi connectivity index (χ3v) is 4.87. The first-order chi connectivity index (χ1) is 8.83. The molecule has 4 aliphatic heterocycles. The van der Waals surface area contributed by atoms with E-state index in [1.165, 1.54) is 31.5 Å². The minimum Gasteiger partial charge on any atom is -0.330 e. The first-order valence-corrected chi connectivity index (χ1v) is 6.94. The summed E-state index contributed by atoms with van der Waals surface area (Å²) in [5, 5.41) is 0. The van der Waals surface area contributed by atoms with Crippen molar-refractivity contribution in [3.63, 3.8) is 0 Å². The molecule has 0 N–H and O–H groups in total. The first-order valence-electron chi connectivity index (χ1n) is 6.94. The number of piperidine rings is 3. The minimum atomic E-state index is 0.254. The monoisotopic (exact) mass is 242 g/mol. The number of hydrogen-bond donors (Lipinski definition) is 0. The zero-order chi connectivity index (χ0) is 12.1. The summed E-state index contributed by atoms with van der Waals surface area (Å²) in [6, 6.07) is 8.52. The molecule has 3 saturated heterocycles. The fourth-order valence-electron chi connectivity index (χ4n) is 3.83. The van der Waals surface area contributed by atoms with Crippen LogP contribution in [0.15, 0.2) is 24.3 Å². The Morgan fingerprint density at radius 3 is 2.56 bits per heavy atom. The van der Waals surface area contributed by atoms with Crippen LogP contribution in [0.2, 0.25) is 0 Å². The second kappa shape index (κ2) is 3.82. The van der Waals surface area contributed by atoms with Crippen LogP contribution in [-0.2, 0) is 6.54 Å². The molecule has 0 spiro atoms. The highest BCUT2D eigenvalue weighted by Gasteiger charge is 2.41. The van der Waals surface area contributed by atoms with Crippen molar-refractivity contribution >= 4 is 5.91 Å². The molecular weight excluding hydrogens is 224 g/mol. The Hall–Kier alpha value is -1.35. The summed E-state index contributed by atoms with van der Waals surface area (Å²) in [5.74, 6) is 0.984. The quantitative estimate of drug-likeness (QED) is 0.749. The van der Waals surface area contributed by atoms with Crippen LogP contribution in [0.5, 0.6) is 0 Å². The number of benzene rings is 1. The van der Waals surface area contributed by atoms with Crippen LogP contribution in [-0.4, -0.2) is 41.4 Å². The van der Waals surface area contributed by atoms with Crippen LogP contribution in [0.25, 0.3) is 0 Å². The van der Waals surface area contributed by atoms with E-state index < -0.39 is 0 Å². The molecule has 18 heavy (non-hydrogen) atoms. The van der Waals surface area contributed by atoms with Crippen molar-refractivity contribution in [1.29, 1.82) is 0 Å². The molecule has 1 atom stereocenters.